The molecule has 0 radical (unpaired) electrons. The lowest BCUT2D eigenvalue weighted by Gasteiger charge is -2.28. The van der Waals surface area contributed by atoms with Gasteiger partial charge in [0.2, 0.25) is 0 Å². The summed E-state index contributed by atoms with van der Waals surface area (Å²) in [7, 11) is 0. The minimum absolute atomic E-state index is 0.0960. The van der Waals surface area contributed by atoms with Gasteiger partial charge in [0.1, 0.15) is 5.75 Å². The van der Waals surface area contributed by atoms with Crippen LogP contribution in [0.15, 0.2) is 41.4 Å². The quantitative estimate of drug-likeness (QED) is 0.497. The number of aliphatic imine (C=N–C) groups is 1. The van der Waals surface area contributed by atoms with Crippen LogP contribution in [0, 0.1) is 0 Å². The minimum Gasteiger partial charge on any atom is -0.507 e. The third-order valence-electron chi connectivity index (χ3n) is 7.40. The summed E-state index contributed by atoms with van der Waals surface area (Å²) in [6.45, 7) is 6.42. The van der Waals surface area contributed by atoms with E-state index in [1.54, 1.807) is 0 Å². The molecule has 1 N–H and O–H groups in total. The maximum atomic E-state index is 10.9. The highest BCUT2D eigenvalue weighted by molar-refractivity contribution is 5.87. The van der Waals surface area contributed by atoms with Gasteiger partial charge in [-0.15, -0.1) is 0 Å². The highest BCUT2D eigenvalue weighted by Gasteiger charge is 2.24. The lowest BCUT2D eigenvalue weighted by Crippen LogP contribution is -2.12. The molecule has 0 saturated heterocycles. The maximum absolute atomic E-state index is 10.9. The van der Waals surface area contributed by atoms with E-state index in [2.05, 4.69) is 39.0 Å². The molecule has 2 aliphatic carbocycles. The molecule has 0 atom stereocenters. The van der Waals surface area contributed by atoms with Crippen molar-refractivity contribution in [1.82, 2.24) is 0 Å². The van der Waals surface area contributed by atoms with Gasteiger partial charge >= 0.3 is 0 Å². The number of hydrogen-bond donors (Lipinski definition) is 1. The van der Waals surface area contributed by atoms with E-state index < -0.39 is 0 Å². The molecule has 0 heterocycles. The van der Waals surface area contributed by atoms with Gasteiger partial charge in [-0.25, -0.2) is 0 Å². The van der Waals surface area contributed by atoms with Crippen LogP contribution in [-0.2, 0) is 5.41 Å². The van der Waals surface area contributed by atoms with E-state index in [1.165, 1.54) is 81.0 Å². The number of benzene rings is 2. The number of para-hydroxylation sites is 2. The van der Waals surface area contributed by atoms with Crippen molar-refractivity contribution in [3.8, 4) is 5.75 Å². The van der Waals surface area contributed by atoms with Crippen LogP contribution in [0.2, 0.25) is 0 Å². The SMILES string of the molecule is CC(C)(C)c1cccc(C=Nc2c(C3CCCCC3)cccc2C2CCCCC2)c1O. The lowest BCUT2D eigenvalue weighted by atomic mass is 9.78. The molecule has 0 aromatic heterocycles. The fourth-order valence-corrected chi connectivity index (χ4v) is 5.62. The average molecular weight is 418 g/mol. The molecule has 2 aromatic carbocycles. The summed E-state index contributed by atoms with van der Waals surface area (Å²) in [5, 5.41) is 10.9. The molecule has 0 aliphatic heterocycles. The molecule has 2 nitrogen and oxygen atoms in total. The third kappa shape index (κ3) is 5.05. The monoisotopic (exact) mass is 417 g/mol. The topological polar surface area (TPSA) is 32.6 Å². The first-order valence-electron chi connectivity index (χ1n) is 12.4. The van der Waals surface area contributed by atoms with E-state index in [0.717, 1.165) is 11.1 Å². The van der Waals surface area contributed by atoms with Crippen LogP contribution in [0.5, 0.6) is 5.75 Å². The van der Waals surface area contributed by atoms with E-state index in [1.807, 2.05) is 24.4 Å². The van der Waals surface area contributed by atoms with Gasteiger partial charge in [-0.1, -0.05) is 89.6 Å². The average Bonchev–Trinajstić information content (AvgIpc) is 2.78. The Kier molecular flexibility index (Phi) is 6.84. The molecule has 2 aromatic rings. The molecule has 166 valence electrons. The van der Waals surface area contributed by atoms with Gasteiger partial charge in [-0.2, -0.15) is 0 Å². The predicted octanol–water partition coefficient (Wildman–Crippen LogP) is 8.54. The molecule has 2 fully saturated rings. The first-order valence-corrected chi connectivity index (χ1v) is 12.4. The van der Waals surface area contributed by atoms with E-state index in [0.29, 0.717) is 17.6 Å². The highest BCUT2D eigenvalue weighted by Crippen LogP contribution is 2.44. The van der Waals surface area contributed by atoms with Gasteiger partial charge in [0.05, 0.1) is 5.69 Å². The van der Waals surface area contributed by atoms with Crippen molar-refractivity contribution in [1.29, 1.82) is 0 Å². The Hall–Kier alpha value is -2.09. The highest BCUT2D eigenvalue weighted by atomic mass is 16.3. The Morgan fingerprint density at radius 1 is 0.774 bits per heavy atom. The normalized spacial score (nSPS) is 19.2. The van der Waals surface area contributed by atoms with E-state index in [4.69, 9.17) is 4.99 Å². The van der Waals surface area contributed by atoms with Crippen molar-refractivity contribution >= 4 is 11.9 Å². The lowest BCUT2D eigenvalue weighted by molar-refractivity contribution is 0.436. The van der Waals surface area contributed by atoms with E-state index >= 15 is 0 Å². The minimum atomic E-state index is -0.0960. The predicted molar refractivity (Wildman–Crippen MR) is 132 cm³/mol. The Morgan fingerprint density at radius 3 is 1.81 bits per heavy atom. The number of rotatable bonds is 4. The molecule has 2 heteroatoms. The van der Waals surface area contributed by atoms with Gasteiger partial charge in [0.25, 0.3) is 0 Å². The third-order valence-corrected chi connectivity index (χ3v) is 7.40. The zero-order valence-electron chi connectivity index (χ0n) is 19.7. The molecule has 0 bridgehead atoms. The molecular weight excluding hydrogens is 378 g/mol. The van der Waals surface area contributed by atoms with Gasteiger partial charge in [-0.05, 0) is 65.7 Å². The Morgan fingerprint density at radius 2 is 1.29 bits per heavy atom. The summed E-state index contributed by atoms with van der Waals surface area (Å²) in [6.07, 6.45) is 15.1. The van der Waals surface area contributed by atoms with Crippen LogP contribution in [0.25, 0.3) is 0 Å². The molecule has 2 saturated carbocycles. The molecule has 2 aliphatic rings. The summed E-state index contributed by atoms with van der Waals surface area (Å²) >= 11 is 0. The second-order valence-corrected chi connectivity index (χ2v) is 10.7. The zero-order chi connectivity index (χ0) is 21.8. The van der Waals surface area contributed by atoms with Gasteiger partial charge < -0.3 is 5.11 Å². The summed E-state index contributed by atoms with van der Waals surface area (Å²) in [6, 6.07) is 13.0. The number of hydrogen-bond acceptors (Lipinski definition) is 2. The van der Waals surface area contributed by atoms with Crippen LogP contribution < -0.4 is 0 Å². The van der Waals surface area contributed by atoms with Crippen LogP contribution in [0.4, 0.5) is 5.69 Å². The number of phenolic OH excluding ortho intramolecular Hbond substituents is 1. The molecule has 4 rings (SSSR count). The maximum Gasteiger partial charge on any atom is 0.128 e. The molecule has 0 amide bonds. The number of aromatic hydroxyl groups is 1. The van der Waals surface area contributed by atoms with Crippen molar-refractivity contribution in [3.63, 3.8) is 0 Å². The summed E-state index contributed by atoms with van der Waals surface area (Å²) in [4.78, 5) is 5.13. The second-order valence-electron chi connectivity index (χ2n) is 10.7. The Balaban J connectivity index is 1.75. The van der Waals surface area contributed by atoms with E-state index in [9.17, 15) is 5.11 Å². The van der Waals surface area contributed by atoms with Crippen LogP contribution in [0.3, 0.4) is 0 Å². The van der Waals surface area contributed by atoms with Gasteiger partial charge in [0.15, 0.2) is 0 Å². The van der Waals surface area contributed by atoms with Crippen molar-refractivity contribution in [2.75, 3.05) is 0 Å². The summed E-state index contributed by atoms with van der Waals surface area (Å²) < 4.78 is 0. The summed E-state index contributed by atoms with van der Waals surface area (Å²) in [5.74, 6) is 1.62. The summed E-state index contributed by atoms with van der Waals surface area (Å²) in [5.41, 5.74) is 5.77. The van der Waals surface area contributed by atoms with Crippen LogP contribution in [-0.4, -0.2) is 11.3 Å². The fraction of sp³-hybridized carbons (Fsp3) is 0.552. The largest absolute Gasteiger partial charge is 0.507 e. The van der Waals surface area contributed by atoms with Gasteiger partial charge in [0, 0.05) is 11.8 Å². The van der Waals surface area contributed by atoms with Gasteiger partial charge in [-0.3, -0.25) is 4.99 Å². The standard InChI is InChI=1S/C29H39NO/c1-29(2,3)26-19-10-16-23(28(26)31)20-30-27-24(21-12-6-4-7-13-21)17-11-18-25(27)22-14-8-5-9-15-22/h10-11,16-22,31H,4-9,12-15H2,1-3H3. The second kappa shape index (κ2) is 9.59. The van der Waals surface area contributed by atoms with Crippen molar-refractivity contribution < 1.29 is 5.11 Å². The molecule has 0 spiro atoms. The van der Waals surface area contributed by atoms with Crippen molar-refractivity contribution in [2.24, 2.45) is 4.99 Å². The first kappa shape index (κ1) is 22.1. The number of nitrogens with zero attached hydrogens (tertiary/aromatic N) is 1. The van der Waals surface area contributed by atoms with Crippen LogP contribution >= 0.6 is 0 Å². The molecule has 0 unspecified atom stereocenters. The van der Waals surface area contributed by atoms with Crippen molar-refractivity contribution in [2.45, 2.75) is 102 Å². The molecular formula is C29H39NO. The Labute approximate surface area is 188 Å². The van der Waals surface area contributed by atoms with E-state index in [-0.39, 0.29) is 5.41 Å². The number of phenols is 1. The smallest absolute Gasteiger partial charge is 0.128 e. The van der Waals surface area contributed by atoms with Crippen molar-refractivity contribution in [3.05, 3.63) is 58.7 Å². The zero-order valence-corrected chi connectivity index (χ0v) is 19.7. The fourth-order valence-electron chi connectivity index (χ4n) is 5.62. The van der Waals surface area contributed by atoms with Crippen LogP contribution in [0.1, 0.15) is 119 Å². The Bertz CT molecular complexity index is 873. The molecule has 31 heavy (non-hydrogen) atoms. The first-order chi connectivity index (χ1) is 14.9.